The van der Waals surface area contributed by atoms with E-state index < -0.39 is 6.10 Å². The summed E-state index contributed by atoms with van der Waals surface area (Å²) in [5.74, 6) is -1.02. The molecule has 0 spiro atoms. The van der Waals surface area contributed by atoms with Gasteiger partial charge in [-0.2, -0.15) is 0 Å². The molecule has 0 radical (unpaired) electrons. The van der Waals surface area contributed by atoms with Crippen molar-refractivity contribution in [2.24, 2.45) is 0 Å². The maximum atomic E-state index is 12.8. The number of rotatable bonds is 43. The van der Waals surface area contributed by atoms with Gasteiger partial charge in [-0.05, 0) is 96.3 Å². The standard InChI is InChI=1S/C58H90O6/c1-4-7-10-13-16-19-22-24-26-28-30-31-33-36-39-42-45-48-51-57(60)63-54-55(53-62-56(59)50-47-44-41-38-35-21-18-15-12-9-6-3)64-58(61)52-49-46-43-40-37-34-32-29-27-25-23-20-17-14-11-8-5-2/h8,10-11,13,15-20,22,24-28,30-32,34,40,43,55H,4-7,9,12,14,21,23,29,33,35-39,41-42,44-54H2,1-3H3/b11-8-,13-10-,18-15-,19-16-,20-17-,24-22-,27-25-,28-26-,31-30-,34-32-,43-40-. The lowest BCUT2D eigenvalue weighted by molar-refractivity contribution is -0.167. The van der Waals surface area contributed by atoms with E-state index in [4.69, 9.17) is 14.2 Å². The Hall–Kier alpha value is -4.45. The number of carbonyl (C=O) groups is 3. The summed E-state index contributed by atoms with van der Waals surface area (Å²) in [7, 11) is 0. The third kappa shape index (κ3) is 48.6. The van der Waals surface area contributed by atoms with Crippen LogP contribution >= 0.6 is 0 Å². The summed E-state index contributed by atoms with van der Waals surface area (Å²) in [4.78, 5) is 37.9. The molecular weight excluding hydrogens is 793 g/mol. The van der Waals surface area contributed by atoms with Gasteiger partial charge in [-0.15, -0.1) is 0 Å². The van der Waals surface area contributed by atoms with Crippen LogP contribution in [0.5, 0.6) is 0 Å². The first-order valence-electron chi connectivity index (χ1n) is 25.3. The molecule has 6 nitrogen and oxygen atoms in total. The van der Waals surface area contributed by atoms with E-state index in [0.717, 1.165) is 116 Å². The third-order valence-electron chi connectivity index (χ3n) is 9.97. The van der Waals surface area contributed by atoms with E-state index in [0.29, 0.717) is 19.3 Å². The van der Waals surface area contributed by atoms with Crippen molar-refractivity contribution in [3.8, 4) is 0 Å². The summed E-state index contributed by atoms with van der Waals surface area (Å²) < 4.78 is 16.7. The molecule has 0 amide bonds. The van der Waals surface area contributed by atoms with Gasteiger partial charge in [0.25, 0.3) is 0 Å². The van der Waals surface area contributed by atoms with Crippen molar-refractivity contribution >= 4 is 17.9 Å². The molecule has 64 heavy (non-hydrogen) atoms. The summed E-state index contributed by atoms with van der Waals surface area (Å²) in [6, 6.07) is 0. The van der Waals surface area contributed by atoms with E-state index >= 15 is 0 Å². The van der Waals surface area contributed by atoms with Gasteiger partial charge in [-0.25, -0.2) is 0 Å². The molecule has 0 aromatic rings. The molecule has 0 aromatic heterocycles. The highest BCUT2D eigenvalue weighted by Crippen LogP contribution is 2.12. The minimum absolute atomic E-state index is 0.119. The fourth-order valence-corrected chi connectivity index (χ4v) is 6.19. The SMILES string of the molecule is CC/C=C\C/C=C\C/C=C\C/C=C\C/C=C\CCCC(=O)OC(COC(=O)CCCCCCC\C=C/C=C\C=C/C=C\C=C/CCC)COC(=O)CCCCCCC/C=C\CCCC. The Morgan fingerprint density at radius 2 is 0.719 bits per heavy atom. The average molecular weight is 883 g/mol. The molecule has 1 unspecified atom stereocenters. The van der Waals surface area contributed by atoms with E-state index in [9.17, 15) is 14.4 Å². The fourth-order valence-electron chi connectivity index (χ4n) is 6.19. The molecular formula is C58H90O6. The number of unbranched alkanes of at least 4 members (excludes halogenated alkanes) is 14. The molecule has 1 atom stereocenters. The minimum Gasteiger partial charge on any atom is -0.462 e. The van der Waals surface area contributed by atoms with E-state index in [2.05, 4.69) is 118 Å². The minimum atomic E-state index is -0.826. The Labute approximate surface area is 392 Å². The maximum Gasteiger partial charge on any atom is 0.306 e. The van der Waals surface area contributed by atoms with E-state index in [1.807, 2.05) is 36.5 Å². The zero-order valence-electron chi connectivity index (χ0n) is 40.7. The predicted molar refractivity (Wildman–Crippen MR) is 274 cm³/mol. The van der Waals surface area contributed by atoms with Crippen molar-refractivity contribution in [3.05, 3.63) is 134 Å². The Balaban J connectivity index is 4.56. The third-order valence-corrected chi connectivity index (χ3v) is 9.97. The Morgan fingerprint density at radius 1 is 0.344 bits per heavy atom. The lowest BCUT2D eigenvalue weighted by atomic mass is 10.1. The summed E-state index contributed by atoms with van der Waals surface area (Å²) in [5, 5.41) is 0. The zero-order valence-corrected chi connectivity index (χ0v) is 40.7. The number of ether oxygens (including phenoxy) is 3. The van der Waals surface area contributed by atoms with Crippen LogP contribution in [-0.2, 0) is 28.6 Å². The molecule has 0 aromatic carbocycles. The van der Waals surface area contributed by atoms with E-state index in [-0.39, 0.29) is 37.5 Å². The second-order valence-corrected chi connectivity index (χ2v) is 16.1. The van der Waals surface area contributed by atoms with Crippen molar-refractivity contribution in [1.82, 2.24) is 0 Å². The molecule has 0 saturated carbocycles. The molecule has 6 heteroatoms. The Bertz CT molecular complexity index is 1430. The maximum absolute atomic E-state index is 12.8. The van der Waals surface area contributed by atoms with Gasteiger partial charge in [0.05, 0.1) is 0 Å². The molecule has 0 saturated heterocycles. The molecule has 0 aliphatic heterocycles. The van der Waals surface area contributed by atoms with Gasteiger partial charge in [0.1, 0.15) is 13.2 Å². The summed E-state index contributed by atoms with van der Waals surface area (Å²) >= 11 is 0. The van der Waals surface area contributed by atoms with Crippen LogP contribution < -0.4 is 0 Å². The normalized spacial score (nSPS) is 13.2. The number of hydrogen-bond donors (Lipinski definition) is 0. The molecule has 0 aliphatic rings. The highest BCUT2D eigenvalue weighted by molar-refractivity contribution is 5.71. The largest absolute Gasteiger partial charge is 0.462 e. The van der Waals surface area contributed by atoms with E-state index in [1.165, 1.54) is 32.1 Å². The van der Waals surface area contributed by atoms with Crippen molar-refractivity contribution in [1.29, 1.82) is 0 Å². The molecule has 0 fully saturated rings. The van der Waals surface area contributed by atoms with Gasteiger partial charge >= 0.3 is 17.9 Å². The molecule has 0 N–H and O–H groups in total. The number of hydrogen-bond acceptors (Lipinski definition) is 6. The van der Waals surface area contributed by atoms with Crippen molar-refractivity contribution in [2.75, 3.05) is 13.2 Å². The van der Waals surface area contributed by atoms with Gasteiger partial charge in [-0.3, -0.25) is 14.4 Å². The Kier molecular flexibility index (Phi) is 47.6. The quantitative estimate of drug-likeness (QED) is 0.0200. The monoisotopic (exact) mass is 883 g/mol. The lowest BCUT2D eigenvalue weighted by Gasteiger charge is -2.18. The van der Waals surface area contributed by atoms with Gasteiger partial charge in [0, 0.05) is 19.3 Å². The van der Waals surface area contributed by atoms with E-state index in [1.54, 1.807) is 0 Å². The second-order valence-electron chi connectivity index (χ2n) is 16.1. The average Bonchev–Trinajstić information content (AvgIpc) is 3.29. The first kappa shape index (κ1) is 59.6. The van der Waals surface area contributed by atoms with Crippen molar-refractivity contribution < 1.29 is 28.6 Å². The number of allylic oxidation sites excluding steroid dienone is 22. The summed E-state index contributed by atoms with van der Waals surface area (Å²) in [5.41, 5.74) is 0. The topological polar surface area (TPSA) is 78.9 Å². The van der Waals surface area contributed by atoms with Crippen LogP contribution in [0.2, 0.25) is 0 Å². The summed E-state index contributed by atoms with van der Waals surface area (Å²) in [6.45, 7) is 6.29. The fraction of sp³-hybridized carbons (Fsp3) is 0.569. The molecule has 358 valence electrons. The number of carbonyl (C=O) groups excluding carboxylic acids is 3. The highest BCUT2D eigenvalue weighted by atomic mass is 16.6. The lowest BCUT2D eigenvalue weighted by Crippen LogP contribution is -2.30. The molecule has 0 aliphatic carbocycles. The predicted octanol–water partition coefficient (Wildman–Crippen LogP) is 16.7. The summed E-state index contributed by atoms with van der Waals surface area (Å²) in [6.07, 6.45) is 71.5. The molecule has 0 bridgehead atoms. The second kappa shape index (κ2) is 51.2. The van der Waals surface area contributed by atoms with Crippen molar-refractivity contribution in [3.63, 3.8) is 0 Å². The van der Waals surface area contributed by atoms with Crippen LogP contribution in [0, 0.1) is 0 Å². The first-order valence-corrected chi connectivity index (χ1v) is 25.3. The smallest absolute Gasteiger partial charge is 0.306 e. The molecule has 0 heterocycles. The van der Waals surface area contributed by atoms with Crippen LogP contribution in [0.4, 0.5) is 0 Å². The molecule has 0 rings (SSSR count). The highest BCUT2D eigenvalue weighted by Gasteiger charge is 2.19. The van der Waals surface area contributed by atoms with Gasteiger partial charge < -0.3 is 14.2 Å². The van der Waals surface area contributed by atoms with Gasteiger partial charge in [0.2, 0.25) is 0 Å². The van der Waals surface area contributed by atoms with Crippen molar-refractivity contribution in [2.45, 2.75) is 200 Å². The van der Waals surface area contributed by atoms with Crippen LogP contribution in [0.1, 0.15) is 194 Å². The van der Waals surface area contributed by atoms with Gasteiger partial charge in [0.15, 0.2) is 6.10 Å². The van der Waals surface area contributed by atoms with Crippen LogP contribution in [-0.4, -0.2) is 37.2 Å². The zero-order chi connectivity index (χ0) is 46.5. The van der Waals surface area contributed by atoms with Crippen LogP contribution in [0.15, 0.2) is 134 Å². The Morgan fingerprint density at radius 3 is 1.22 bits per heavy atom. The number of esters is 3. The first-order chi connectivity index (χ1) is 31.5. The van der Waals surface area contributed by atoms with Crippen LogP contribution in [0.25, 0.3) is 0 Å². The van der Waals surface area contributed by atoms with Crippen LogP contribution in [0.3, 0.4) is 0 Å². The van der Waals surface area contributed by atoms with Gasteiger partial charge in [-0.1, -0.05) is 212 Å².